The zero-order valence-electron chi connectivity index (χ0n) is 10.9. The maximum atomic E-state index is 12.8. The Balaban J connectivity index is 1.94. The number of thiophene rings is 1. The summed E-state index contributed by atoms with van der Waals surface area (Å²) >= 11 is 7.53. The first kappa shape index (κ1) is 14.5. The fraction of sp³-hybridized carbons (Fsp3) is 0.267. The summed E-state index contributed by atoms with van der Waals surface area (Å²) in [6.45, 7) is 2.91. The Morgan fingerprint density at radius 1 is 1.45 bits per heavy atom. The van der Waals surface area contributed by atoms with Crippen LogP contribution in [0.25, 0.3) is 0 Å². The number of carbonyl (C=O) groups excluding carboxylic acids is 1. The van der Waals surface area contributed by atoms with Crippen molar-refractivity contribution < 1.29 is 4.79 Å². The zero-order valence-corrected chi connectivity index (χ0v) is 15.5. The van der Waals surface area contributed by atoms with E-state index in [4.69, 9.17) is 0 Å². The molecule has 0 saturated heterocycles. The van der Waals surface area contributed by atoms with Gasteiger partial charge in [0.25, 0.3) is 5.91 Å². The van der Waals surface area contributed by atoms with Crippen molar-refractivity contribution in [2.24, 2.45) is 0 Å². The average Bonchev–Trinajstić information content (AvgIpc) is 2.90. The molecule has 0 saturated carbocycles. The van der Waals surface area contributed by atoms with E-state index in [0.717, 1.165) is 26.6 Å². The predicted molar refractivity (Wildman–Crippen MR) is 94.3 cm³/mol. The molecule has 0 aliphatic carbocycles. The minimum Gasteiger partial charge on any atom is -0.331 e. The summed E-state index contributed by atoms with van der Waals surface area (Å²) in [4.78, 5) is 16.2. The minimum absolute atomic E-state index is 0.111. The molecule has 0 N–H and O–H groups in total. The molecule has 0 fully saturated rings. The van der Waals surface area contributed by atoms with Gasteiger partial charge in [-0.15, -0.1) is 11.3 Å². The van der Waals surface area contributed by atoms with Gasteiger partial charge in [0.15, 0.2) is 0 Å². The largest absolute Gasteiger partial charge is 0.331 e. The van der Waals surface area contributed by atoms with Crippen LogP contribution in [0.15, 0.2) is 34.1 Å². The van der Waals surface area contributed by atoms with Crippen molar-refractivity contribution >= 4 is 55.8 Å². The summed E-state index contributed by atoms with van der Waals surface area (Å²) < 4.78 is 1.95. The van der Waals surface area contributed by atoms with E-state index in [1.54, 1.807) is 11.3 Å². The second-order valence-corrected chi connectivity index (χ2v) is 7.95. The molecule has 1 atom stereocenters. The summed E-state index contributed by atoms with van der Waals surface area (Å²) in [7, 11) is 0. The van der Waals surface area contributed by atoms with Crippen LogP contribution in [0.5, 0.6) is 0 Å². The molecule has 2 aromatic rings. The Morgan fingerprint density at radius 3 is 3.05 bits per heavy atom. The van der Waals surface area contributed by atoms with Gasteiger partial charge in [-0.3, -0.25) is 4.79 Å². The molecule has 3 rings (SSSR count). The zero-order chi connectivity index (χ0) is 14.3. The monoisotopic (exact) mass is 461 g/mol. The first-order valence-corrected chi connectivity index (χ1v) is 9.15. The average molecular weight is 462 g/mol. The minimum atomic E-state index is 0.111. The van der Waals surface area contributed by atoms with Crippen molar-refractivity contribution in [3.63, 3.8) is 0 Å². The van der Waals surface area contributed by atoms with E-state index in [2.05, 4.69) is 56.9 Å². The van der Waals surface area contributed by atoms with Gasteiger partial charge in [-0.05, 0) is 87.1 Å². The van der Waals surface area contributed by atoms with E-state index in [0.29, 0.717) is 0 Å². The van der Waals surface area contributed by atoms with E-state index in [9.17, 15) is 4.79 Å². The summed E-state index contributed by atoms with van der Waals surface area (Å²) in [6, 6.07) is 8.19. The van der Waals surface area contributed by atoms with Crippen LogP contribution < -0.4 is 0 Å². The van der Waals surface area contributed by atoms with Crippen molar-refractivity contribution in [1.82, 2.24) is 4.90 Å². The maximum absolute atomic E-state index is 12.8. The van der Waals surface area contributed by atoms with Crippen LogP contribution >= 0.6 is 49.9 Å². The SMILES string of the molecule is CC1c2ccsc2CCN1C(=O)c1cc(I)ccc1Br. The molecule has 1 aliphatic heterocycles. The molecule has 0 radical (unpaired) electrons. The molecule has 0 spiro atoms. The summed E-state index contributed by atoms with van der Waals surface area (Å²) in [6.07, 6.45) is 0.963. The quantitative estimate of drug-likeness (QED) is 0.554. The third kappa shape index (κ3) is 2.55. The van der Waals surface area contributed by atoms with Gasteiger partial charge in [-0.2, -0.15) is 0 Å². The number of hydrogen-bond acceptors (Lipinski definition) is 2. The fourth-order valence-electron chi connectivity index (χ4n) is 2.60. The summed E-state index contributed by atoms with van der Waals surface area (Å²) in [5, 5.41) is 2.12. The van der Waals surface area contributed by atoms with E-state index < -0.39 is 0 Å². The first-order valence-electron chi connectivity index (χ1n) is 6.40. The molecule has 1 amide bonds. The van der Waals surface area contributed by atoms with Gasteiger partial charge in [0.05, 0.1) is 11.6 Å². The van der Waals surface area contributed by atoms with Crippen LogP contribution in [0.4, 0.5) is 0 Å². The third-order valence-electron chi connectivity index (χ3n) is 3.70. The number of fused-ring (bicyclic) bond motifs is 1. The number of carbonyl (C=O) groups is 1. The topological polar surface area (TPSA) is 20.3 Å². The molecule has 2 nitrogen and oxygen atoms in total. The van der Waals surface area contributed by atoms with Crippen LogP contribution in [-0.4, -0.2) is 17.4 Å². The summed E-state index contributed by atoms with van der Waals surface area (Å²) in [5.41, 5.74) is 2.05. The van der Waals surface area contributed by atoms with Gasteiger partial charge in [-0.1, -0.05) is 0 Å². The first-order chi connectivity index (χ1) is 9.58. The Kier molecular flexibility index (Phi) is 4.19. The third-order valence-corrected chi connectivity index (χ3v) is 6.06. The highest BCUT2D eigenvalue weighted by molar-refractivity contribution is 14.1. The smallest absolute Gasteiger partial charge is 0.255 e. The van der Waals surface area contributed by atoms with Gasteiger partial charge in [-0.25, -0.2) is 0 Å². The number of nitrogens with zero attached hydrogens (tertiary/aromatic N) is 1. The van der Waals surface area contributed by atoms with Crippen LogP contribution in [0, 0.1) is 3.57 Å². The maximum Gasteiger partial charge on any atom is 0.255 e. The second kappa shape index (κ2) is 5.77. The number of rotatable bonds is 1. The molecule has 1 aliphatic rings. The Labute approximate surface area is 144 Å². The molecule has 1 aromatic heterocycles. The molecule has 0 bridgehead atoms. The van der Waals surface area contributed by atoms with E-state index in [1.807, 2.05) is 23.1 Å². The molecule has 2 heterocycles. The Morgan fingerprint density at radius 2 is 2.25 bits per heavy atom. The van der Waals surface area contributed by atoms with E-state index in [1.165, 1.54) is 10.4 Å². The van der Waals surface area contributed by atoms with Crippen molar-refractivity contribution in [2.75, 3.05) is 6.54 Å². The van der Waals surface area contributed by atoms with Gasteiger partial charge in [0.2, 0.25) is 0 Å². The molecule has 5 heteroatoms. The lowest BCUT2D eigenvalue weighted by Gasteiger charge is -2.34. The lowest BCUT2D eigenvalue weighted by molar-refractivity contribution is 0.0678. The second-order valence-electron chi connectivity index (χ2n) is 4.85. The lowest BCUT2D eigenvalue weighted by atomic mass is 10.0. The number of amides is 1. The molecular formula is C15H13BrINOS. The molecule has 104 valence electrons. The number of halogens is 2. The highest BCUT2D eigenvalue weighted by atomic mass is 127. The van der Waals surface area contributed by atoms with E-state index >= 15 is 0 Å². The fourth-order valence-corrected chi connectivity index (χ4v) is 4.47. The van der Waals surface area contributed by atoms with Gasteiger partial charge in [0, 0.05) is 19.5 Å². The van der Waals surface area contributed by atoms with Crippen LogP contribution in [0.3, 0.4) is 0 Å². The standard InChI is InChI=1S/C15H13BrINOS/c1-9-11-5-7-20-14(11)4-6-18(9)15(19)12-8-10(17)2-3-13(12)16/h2-3,5,7-9H,4,6H2,1H3. The van der Waals surface area contributed by atoms with Crippen LogP contribution in [-0.2, 0) is 6.42 Å². The predicted octanol–water partition coefficient (Wildman–Crippen LogP) is 4.87. The molecule has 1 aromatic carbocycles. The Bertz CT molecular complexity index is 670. The highest BCUT2D eigenvalue weighted by Crippen LogP contribution is 2.34. The van der Waals surface area contributed by atoms with Gasteiger partial charge < -0.3 is 4.90 Å². The van der Waals surface area contributed by atoms with Gasteiger partial charge in [0.1, 0.15) is 0 Å². The number of benzene rings is 1. The van der Waals surface area contributed by atoms with Crippen molar-refractivity contribution in [3.8, 4) is 0 Å². The lowest BCUT2D eigenvalue weighted by Crippen LogP contribution is -2.38. The molecule has 20 heavy (non-hydrogen) atoms. The van der Waals surface area contributed by atoms with Crippen LogP contribution in [0.1, 0.15) is 33.8 Å². The van der Waals surface area contributed by atoms with Gasteiger partial charge >= 0.3 is 0 Å². The summed E-state index contributed by atoms with van der Waals surface area (Å²) in [5.74, 6) is 0.111. The van der Waals surface area contributed by atoms with Crippen molar-refractivity contribution in [1.29, 1.82) is 0 Å². The van der Waals surface area contributed by atoms with Crippen molar-refractivity contribution in [3.05, 3.63) is 53.7 Å². The van der Waals surface area contributed by atoms with E-state index in [-0.39, 0.29) is 11.9 Å². The molecule has 1 unspecified atom stereocenters. The normalized spacial score (nSPS) is 17.9. The number of hydrogen-bond donors (Lipinski definition) is 0. The molecular weight excluding hydrogens is 449 g/mol. The Hall–Kier alpha value is -0.400. The highest BCUT2D eigenvalue weighted by Gasteiger charge is 2.29. The van der Waals surface area contributed by atoms with Crippen molar-refractivity contribution in [2.45, 2.75) is 19.4 Å². The van der Waals surface area contributed by atoms with Crippen LogP contribution in [0.2, 0.25) is 0 Å².